The molecule has 0 bridgehead atoms. The van der Waals surface area contributed by atoms with Gasteiger partial charge in [-0.2, -0.15) is 0 Å². The van der Waals surface area contributed by atoms with E-state index >= 15 is 0 Å². The van der Waals surface area contributed by atoms with Crippen LogP contribution in [0.5, 0.6) is 0 Å². The number of amides is 1. The van der Waals surface area contributed by atoms with Gasteiger partial charge in [0.05, 0.1) is 11.4 Å². The maximum absolute atomic E-state index is 11.7. The van der Waals surface area contributed by atoms with Crippen molar-refractivity contribution in [3.8, 4) is 0 Å². The van der Waals surface area contributed by atoms with Gasteiger partial charge in [0.2, 0.25) is 6.23 Å². The third kappa shape index (κ3) is 2.46. The van der Waals surface area contributed by atoms with Gasteiger partial charge in [-0.3, -0.25) is 9.79 Å². The number of nitrogens with zero attached hydrogens (tertiary/aromatic N) is 2. The van der Waals surface area contributed by atoms with Gasteiger partial charge in [0.25, 0.3) is 5.91 Å². The molecule has 0 spiro atoms. The summed E-state index contributed by atoms with van der Waals surface area (Å²) in [5, 5.41) is 12.3. The number of benzene rings is 1. The Balaban J connectivity index is 2.60. The molecule has 2 N–H and O–H groups in total. The zero-order chi connectivity index (χ0) is 14.0. The summed E-state index contributed by atoms with van der Waals surface area (Å²) in [4.78, 5) is 19.6. The van der Waals surface area contributed by atoms with Gasteiger partial charge in [0.15, 0.2) is 0 Å². The molecule has 1 unspecified atom stereocenters. The van der Waals surface area contributed by atoms with Crippen LogP contribution in [0.25, 0.3) is 5.70 Å². The second-order valence-corrected chi connectivity index (χ2v) is 4.25. The Morgan fingerprint density at radius 2 is 2.05 bits per heavy atom. The molecule has 0 aromatic heterocycles. The fraction of sp³-hybridized carbons (Fsp3) is 0.214. The summed E-state index contributed by atoms with van der Waals surface area (Å²) in [5.74, 6) is -0.551. The molecule has 1 atom stereocenters. The molecule has 1 aromatic carbocycles. The van der Waals surface area contributed by atoms with Gasteiger partial charge >= 0.3 is 0 Å². The summed E-state index contributed by atoms with van der Waals surface area (Å²) in [6.45, 7) is 7.12. The second-order valence-electron chi connectivity index (χ2n) is 4.25. The van der Waals surface area contributed by atoms with Crippen LogP contribution in [0.2, 0.25) is 0 Å². The average Bonchev–Trinajstić information content (AvgIpc) is 2.51. The Morgan fingerprint density at radius 1 is 1.37 bits per heavy atom. The lowest BCUT2D eigenvalue weighted by Gasteiger charge is -2.13. The van der Waals surface area contributed by atoms with E-state index in [0.29, 0.717) is 17.1 Å². The molecule has 5 nitrogen and oxygen atoms in total. The average molecular weight is 257 g/mol. The lowest BCUT2D eigenvalue weighted by Crippen LogP contribution is -2.31. The number of nitrogens with one attached hydrogen (secondary N) is 1. The molecule has 0 radical (unpaired) electrons. The van der Waals surface area contributed by atoms with Crippen LogP contribution in [0.15, 0.2) is 39.8 Å². The summed E-state index contributed by atoms with van der Waals surface area (Å²) < 4.78 is 0. The minimum atomic E-state index is -1.38. The van der Waals surface area contributed by atoms with Crippen molar-refractivity contribution in [2.75, 3.05) is 0 Å². The number of allylic oxidation sites excluding steroid dienone is 1. The molecule has 0 saturated heterocycles. The van der Waals surface area contributed by atoms with Gasteiger partial charge < -0.3 is 10.4 Å². The molecule has 0 aliphatic carbocycles. The van der Waals surface area contributed by atoms with Crippen LogP contribution >= 0.6 is 0 Å². The fourth-order valence-electron chi connectivity index (χ4n) is 1.89. The quantitative estimate of drug-likeness (QED) is 0.791. The summed E-state index contributed by atoms with van der Waals surface area (Å²) in [7, 11) is 0. The molecule has 2 rings (SSSR count). The first-order valence-corrected chi connectivity index (χ1v) is 5.85. The summed E-state index contributed by atoms with van der Waals surface area (Å²) >= 11 is 0. The van der Waals surface area contributed by atoms with E-state index in [4.69, 9.17) is 0 Å². The normalized spacial score (nSPS) is 19.6. The van der Waals surface area contributed by atoms with Crippen molar-refractivity contribution in [1.29, 1.82) is 0 Å². The van der Waals surface area contributed by atoms with Crippen LogP contribution in [0.3, 0.4) is 0 Å². The lowest BCUT2D eigenvalue weighted by atomic mass is 10.0. The smallest absolute Gasteiger partial charge is 0.276 e. The second kappa shape index (κ2) is 5.16. The molecule has 98 valence electrons. The van der Waals surface area contributed by atoms with Crippen molar-refractivity contribution in [3.05, 3.63) is 35.4 Å². The maximum atomic E-state index is 11.7. The molecule has 1 amide bonds. The zero-order valence-corrected chi connectivity index (χ0v) is 10.8. The van der Waals surface area contributed by atoms with Gasteiger partial charge in [-0.25, -0.2) is 4.99 Å². The van der Waals surface area contributed by atoms with Gasteiger partial charge in [0.1, 0.15) is 0 Å². The fourth-order valence-corrected chi connectivity index (χ4v) is 1.89. The van der Waals surface area contributed by atoms with E-state index in [0.717, 1.165) is 11.1 Å². The summed E-state index contributed by atoms with van der Waals surface area (Å²) in [6.07, 6.45) is -1.38. The number of hydrogen-bond donors (Lipinski definition) is 2. The van der Waals surface area contributed by atoms with Crippen LogP contribution in [0.4, 0.5) is 5.69 Å². The molecule has 1 heterocycles. The number of carbonyl (C=O) groups excluding carboxylic acids is 1. The Morgan fingerprint density at radius 3 is 2.74 bits per heavy atom. The predicted octanol–water partition coefficient (Wildman–Crippen LogP) is 1.66. The summed E-state index contributed by atoms with van der Waals surface area (Å²) in [6, 6.07) is 7.35. The van der Waals surface area contributed by atoms with E-state index in [9.17, 15) is 9.90 Å². The minimum absolute atomic E-state index is 0.551. The highest BCUT2D eigenvalue weighted by Gasteiger charge is 2.23. The molecule has 0 saturated carbocycles. The van der Waals surface area contributed by atoms with Crippen molar-refractivity contribution in [2.45, 2.75) is 20.1 Å². The van der Waals surface area contributed by atoms with Crippen molar-refractivity contribution < 1.29 is 9.90 Å². The van der Waals surface area contributed by atoms with E-state index < -0.39 is 12.1 Å². The van der Waals surface area contributed by atoms with Crippen molar-refractivity contribution in [1.82, 2.24) is 5.32 Å². The summed E-state index contributed by atoms with van der Waals surface area (Å²) in [5.41, 5.74) is 3.43. The molecule has 1 aliphatic heterocycles. The Kier molecular flexibility index (Phi) is 3.57. The van der Waals surface area contributed by atoms with Crippen LogP contribution in [0.1, 0.15) is 19.4 Å². The lowest BCUT2D eigenvalue weighted by molar-refractivity contribution is -0.127. The molecule has 0 fully saturated rings. The molecule has 19 heavy (non-hydrogen) atoms. The standard InChI is InChI=1S/C14H15N3O2/c1-8-9(2)16-13(18)14(19)17-12(8)10-6-4-5-7-11(10)15-3/h4-7,13,18H,3H2,1-2H3,(H,17,19). The number of carbonyl (C=O) groups is 1. The highest BCUT2D eigenvalue weighted by atomic mass is 16.3. The van der Waals surface area contributed by atoms with Crippen LogP contribution in [-0.4, -0.2) is 29.7 Å². The van der Waals surface area contributed by atoms with E-state index in [1.807, 2.05) is 31.2 Å². The maximum Gasteiger partial charge on any atom is 0.276 e. The van der Waals surface area contributed by atoms with Crippen molar-refractivity contribution in [2.24, 2.45) is 9.98 Å². The highest BCUT2D eigenvalue weighted by Crippen LogP contribution is 2.28. The minimum Gasteiger partial charge on any atom is -0.364 e. The topological polar surface area (TPSA) is 74.0 Å². The SMILES string of the molecule is C=Nc1ccccc1C1=C(C)C(C)=NC(O)C(=O)N1. The van der Waals surface area contributed by atoms with Gasteiger partial charge in [-0.1, -0.05) is 18.2 Å². The third-order valence-corrected chi connectivity index (χ3v) is 3.06. The van der Waals surface area contributed by atoms with E-state index in [1.54, 1.807) is 6.92 Å². The number of aliphatic hydroxyl groups excluding tert-OH is 1. The van der Waals surface area contributed by atoms with Crippen molar-refractivity contribution in [3.63, 3.8) is 0 Å². The number of hydrogen-bond acceptors (Lipinski definition) is 4. The zero-order valence-electron chi connectivity index (χ0n) is 10.8. The molecule has 1 aliphatic rings. The first-order valence-electron chi connectivity index (χ1n) is 5.85. The molecule has 1 aromatic rings. The van der Waals surface area contributed by atoms with Crippen LogP contribution in [0, 0.1) is 0 Å². The van der Waals surface area contributed by atoms with E-state index in [-0.39, 0.29) is 0 Å². The number of aliphatic hydroxyl groups is 1. The van der Waals surface area contributed by atoms with Gasteiger partial charge in [-0.15, -0.1) is 0 Å². The molecular weight excluding hydrogens is 242 g/mol. The number of rotatable bonds is 2. The monoisotopic (exact) mass is 257 g/mol. The van der Waals surface area contributed by atoms with E-state index in [1.165, 1.54) is 0 Å². The van der Waals surface area contributed by atoms with Gasteiger partial charge in [-0.05, 0) is 32.2 Å². The number of aliphatic imine (C=N–C) groups is 2. The van der Waals surface area contributed by atoms with Crippen LogP contribution < -0.4 is 5.32 Å². The highest BCUT2D eigenvalue weighted by molar-refractivity contribution is 6.09. The first kappa shape index (κ1) is 13.2. The Hall–Kier alpha value is -2.27. The van der Waals surface area contributed by atoms with Crippen molar-refractivity contribution >= 4 is 29.7 Å². The van der Waals surface area contributed by atoms with Gasteiger partial charge in [0, 0.05) is 11.3 Å². The van der Waals surface area contributed by atoms with E-state index in [2.05, 4.69) is 22.0 Å². The van der Waals surface area contributed by atoms with Crippen LogP contribution in [-0.2, 0) is 4.79 Å². The first-order chi connectivity index (χ1) is 9.04. The Bertz CT molecular complexity index is 602. The molecular formula is C14H15N3O2. The third-order valence-electron chi connectivity index (χ3n) is 3.06. The Labute approximate surface area is 111 Å². The number of para-hydroxylation sites is 1. The largest absolute Gasteiger partial charge is 0.364 e. The predicted molar refractivity (Wildman–Crippen MR) is 75.5 cm³/mol. The molecule has 5 heteroatoms.